The van der Waals surface area contributed by atoms with Gasteiger partial charge in [-0.15, -0.1) is 0 Å². The Morgan fingerprint density at radius 1 is 1.42 bits per heavy atom. The molecule has 0 radical (unpaired) electrons. The first-order valence-electron chi connectivity index (χ1n) is 6.25. The summed E-state index contributed by atoms with van der Waals surface area (Å²) < 4.78 is 27.3. The van der Waals surface area contributed by atoms with Crippen LogP contribution in [-0.4, -0.2) is 25.8 Å². The fourth-order valence-corrected chi connectivity index (χ4v) is 4.23. The molecule has 2 N–H and O–H groups in total. The molecule has 0 heterocycles. The second kappa shape index (κ2) is 6.24. The van der Waals surface area contributed by atoms with Crippen molar-refractivity contribution in [1.29, 1.82) is 0 Å². The van der Waals surface area contributed by atoms with Crippen molar-refractivity contribution in [3.8, 4) is 0 Å². The molecule has 1 atom stereocenters. The van der Waals surface area contributed by atoms with E-state index in [4.69, 9.17) is 5.73 Å². The smallest absolute Gasteiger partial charge is 0.243 e. The summed E-state index contributed by atoms with van der Waals surface area (Å²) in [5.74, 6) is 0. The molecule has 0 bridgehead atoms. The van der Waals surface area contributed by atoms with Gasteiger partial charge in [-0.1, -0.05) is 29.3 Å². The summed E-state index contributed by atoms with van der Waals surface area (Å²) >= 11 is 3.29. The predicted molar refractivity (Wildman–Crippen MR) is 82.6 cm³/mol. The lowest BCUT2D eigenvalue weighted by atomic mass is 10.2. The van der Waals surface area contributed by atoms with Crippen molar-refractivity contribution in [3.05, 3.63) is 22.2 Å². The van der Waals surface area contributed by atoms with Crippen molar-refractivity contribution in [3.63, 3.8) is 0 Å². The van der Waals surface area contributed by atoms with Crippen LogP contribution in [0.5, 0.6) is 0 Å². The minimum absolute atomic E-state index is 0.0328. The van der Waals surface area contributed by atoms with Crippen molar-refractivity contribution < 1.29 is 8.42 Å². The fraction of sp³-hybridized carbons (Fsp3) is 0.538. The Balaban J connectivity index is 3.28. The van der Waals surface area contributed by atoms with E-state index in [2.05, 4.69) is 15.9 Å². The third-order valence-electron chi connectivity index (χ3n) is 3.35. The van der Waals surface area contributed by atoms with Gasteiger partial charge < -0.3 is 5.73 Å². The molecule has 1 aromatic rings. The third-order valence-corrected chi connectivity index (χ3v) is 5.91. The summed E-state index contributed by atoms with van der Waals surface area (Å²) in [6.07, 6.45) is 1.78. The van der Waals surface area contributed by atoms with Crippen LogP contribution in [0.3, 0.4) is 0 Å². The van der Waals surface area contributed by atoms with E-state index in [-0.39, 0.29) is 10.9 Å². The van der Waals surface area contributed by atoms with Crippen molar-refractivity contribution in [2.75, 3.05) is 12.8 Å². The number of anilines is 1. The highest BCUT2D eigenvalue weighted by atomic mass is 79.9. The monoisotopic (exact) mass is 348 g/mol. The molecular formula is C13H21BrN2O2S. The standard InChI is InChI=1S/C13H21BrN2O2S/c1-5-6-9(2)16(4)19(17,18)13-8-11(14)7-12(15)10(13)3/h7-9H,5-6,15H2,1-4H3. The molecule has 0 aliphatic heterocycles. The Hall–Kier alpha value is -0.590. The molecule has 0 amide bonds. The normalized spacial score (nSPS) is 13.8. The topological polar surface area (TPSA) is 63.4 Å². The Bertz CT molecular complexity index is 558. The van der Waals surface area contributed by atoms with Gasteiger partial charge >= 0.3 is 0 Å². The fourth-order valence-electron chi connectivity index (χ4n) is 1.93. The molecule has 0 fully saturated rings. The van der Waals surface area contributed by atoms with Gasteiger partial charge in [0.25, 0.3) is 0 Å². The van der Waals surface area contributed by atoms with Crippen LogP contribution in [-0.2, 0) is 10.0 Å². The Labute approximate surface area is 124 Å². The molecule has 1 rings (SSSR count). The number of nitrogen functional groups attached to an aromatic ring is 1. The van der Waals surface area contributed by atoms with Gasteiger partial charge in [0.05, 0.1) is 4.90 Å². The second-order valence-electron chi connectivity index (χ2n) is 4.78. The average Bonchev–Trinajstić information content (AvgIpc) is 2.32. The zero-order valence-electron chi connectivity index (χ0n) is 11.8. The van der Waals surface area contributed by atoms with E-state index in [0.717, 1.165) is 12.8 Å². The molecule has 0 aromatic heterocycles. The first-order valence-corrected chi connectivity index (χ1v) is 8.48. The van der Waals surface area contributed by atoms with E-state index < -0.39 is 10.0 Å². The number of hydrogen-bond acceptors (Lipinski definition) is 3. The summed E-state index contributed by atoms with van der Waals surface area (Å²) in [7, 11) is -1.90. The maximum Gasteiger partial charge on any atom is 0.243 e. The summed E-state index contributed by atoms with van der Waals surface area (Å²) in [5.41, 5.74) is 6.91. The van der Waals surface area contributed by atoms with Crippen LogP contribution >= 0.6 is 15.9 Å². The molecule has 0 spiro atoms. The lowest BCUT2D eigenvalue weighted by molar-refractivity contribution is 0.368. The van der Waals surface area contributed by atoms with Gasteiger partial charge in [-0.2, -0.15) is 4.31 Å². The minimum atomic E-state index is -3.51. The second-order valence-corrected chi connectivity index (χ2v) is 7.66. The van der Waals surface area contributed by atoms with Crippen molar-refractivity contribution in [2.24, 2.45) is 0 Å². The SMILES string of the molecule is CCCC(C)N(C)S(=O)(=O)c1cc(Br)cc(N)c1C. The zero-order chi connectivity index (χ0) is 14.8. The van der Waals surface area contributed by atoms with Gasteiger partial charge in [0.1, 0.15) is 0 Å². The molecule has 1 aromatic carbocycles. The zero-order valence-corrected chi connectivity index (χ0v) is 14.2. The predicted octanol–water partition coefficient (Wildman–Crippen LogP) is 3.15. The highest BCUT2D eigenvalue weighted by Gasteiger charge is 2.27. The molecule has 1 unspecified atom stereocenters. The van der Waals surface area contributed by atoms with Crippen molar-refractivity contribution in [2.45, 2.75) is 44.6 Å². The lowest BCUT2D eigenvalue weighted by Crippen LogP contribution is -2.35. The van der Waals surface area contributed by atoms with Gasteiger partial charge in [0.2, 0.25) is 10.0 Å². The molecule has 0 saturated heterocycles. The largest absolute Gasteiger partial charge is 0.398 e. The van der Waals surface area contributed by atoms with Crippen LogP contribution in [0.1, 0.15) is 32.3 Å². The molecule has 0 aliphatic rings. The molecule has 0 saturated carbocycles. The van der Waals surface area contributed by atoms with Crippen LogP contribution in [0, 0.1) is 6.92 Å². The van der Waals surface area contributed by atoms with Gasteiger partial charge in [0.15, 0.2) is 0 Å². The average molecular weight is 349 g/mol. The molecular weight excluding hydrogens is 328 g/mol. The number of hydrogen-bond donors (Lipinski definition) is 1. The first kappa shape index (κ1) is 16.5. The lowest BCUT2D eigenvalue weighted by Gasteiger charge is -2.25. The van der Waals surface area contributed by atoms with Gasteiger partial charge in [-0.3, -0.25) is 0 Å². The highest BCUT2D eigenvalue weighted by Crippen LogP contribution is 2.29. The molecule has 19 heavy (non-hydrogen) atoms. The minimum Gasteiger partial charge on any atom is -0.398 e. The Kier molecular flexibility index (Phi) is 5.41. The van der Waals surface area contributed by atoms with Crippen LogP contribution in [0.2, 0.25) is 0 Å². The molecule has 0 aliphatic carbocycles. The van der Waals surface area contributed by atoms with Gasteiger partial charge in [-0.05, 0) is 38.0 Å². The highest BCUT2D eigenvalue weighted by molar-refractivity contribution is 9.10. The molecule has 108 valence electrons. The summed E-state index contributed by atoms with van der Waals surface area (Å²) in [5, 5.41) is 0. The molecule has 4 nitrogen and oxygen atoms in total. The summed E-state index contributed by atoms with van der Waals surface area (Å²) in [6, 6.07) is 3.29. The van der Waals surface area contributed by atoms with Crippen LogP contribution in [0.25, 0.3) is 0 Å². The Morgan fingerprint density at radius 2 is 2.00 bits per heavy atom. The van der Waals surface area contributed by atoms with Crippen LogP contribution in [0.15, 0.2) is 21.5 Å². The van der Waals surface area contributed by atoms with E-state index in [9.17, 15) is 8.42 Å². The number of rotatable bonds is 5. The van der Waals surface area contributed by atoms with Crippen LogP contribution in [0.4, 0.5) is 5.69 Å². The van der Waals surface area contributed by atoms with E-state index in [0.29, 0.717) is 15.7 Å². The first-order chi connectivity index (χ1) is 8.71. The Morgan fingerprint density at radius 3 is 2.53 bits per heavy atom. The number of benzene rings is 1. The van der Waals surface area contributed by atoms with Crippen molar-refractivity contribution >= 4 is 31.6 Å². The number of halogens is 1. The van der Waals surface area contributed by atoms with Crippen LogP contribution < -0.4 is 5.73 Å². The number of sulfonamides is 1. The quantitative estimate of drug-likeness (QED) is 0.831. The number of nitrogens with zero attached hydrogens (tertiary/aromatic N) is 1. The number of nitrogens with two attached hydrogens (primary N) is 1. The van der Waals surface area contributed by atoms with E-state index >= 15 is 0 Å². The molecule has 6 heteroatoms. The van der Waals surface area contributed by atoms with E-state index in [1.165, 1.54) is 4.31 Å². The van der Waals surface area contributed by atoms with Gasteiger partial charge in [-0.25, -0.2) is 8.42 Å². The maximum absolute atomic E-state index is 12.6. The van der Waals surface area contributed by atoms with E-state index in [1.54, 1.807) is 26.1 Å². The maximum atomic E-state index is 12.6. The summed E-state index contributed by atoms with van der Waals surface area (Å²) in [6.45, 7) is 5.68. The third kappa shape index (κ3) is 3.49. The van der Waals surface area contributed by atoms with Crippen molar-refractivity contribution in [1.82, 2.24) is 4.31 Å². The summed E-state index contributed by atoms with van der Waals surface area (Å²) in [4.78, 5) is 0.268. The van der Waals surface area contributed by atoms with E-state index in [1.807, 2.05) is 13.8 Å². The van der Waals surface area contributed by atoms with Gasteiger partial charge in [0, 0.05) is 23.2 Å².